The molecule has 0 rings (SSSR count). The molecule has 0 saturated carbocycles. The second-order valence-corrected chi connectivity index (χ2v) is 35.3. The first-order valence-electron chi connectivity index (χ1n) is 45.5. The van der Waals surface area contributed by atoms with Crippen molar-refractivity contribution in [2.45, 2.75) is 490 Å². The lowest BCUT2D eigenvalue weighted by atomic mass is 9.99. The molecule has 0 aliphatic heterocycles. The van der Waals surface area contributed by atoms with Crippen LogP contribution in [-0.2, 0) is 65.4 Å². The molecule has 0 fully saturated rings. The molecule has 0 aromatic rings. The number of aliphatic hydroxyl groups is 1. The number of carbonyl (C=O) groups excluding carboxylic acids is 4. The summed E-state index contributed by atoms with van der Waals surface area (Å²) in [6.45, 7) is 9.75. The van der Waals surface area contributed by atoms with E-state index in [0.29, 0.717) is 25.7 Å². The molecule has 6 atom stereocenters. The van der Waals surface area contributed by atoms with Crippen LogP contribution in [0.25, 0.3) is 0 Å². The topological polar surface area (TPSA) is 237 Å². The van der Waals surface area contributed by atoms with E-state index in [0.717, 1.165) is 102 Å². The SMILES string of the molecule is CCCCCCCCCCCCCCCCCCCCCCCCC(=O)O[C@H](COC(=O)CCCCCCCCCCCCCCCCC(C)CC)COP(=O)(O)OC[C@@H](O)COP(=O)(O)OC[C@@H](COC(=O)CCCCCCCCCCCCCC)OC(=O)CCCCCCCCCCCCCCC(C)C. The van der Waals surface area contributed by atoms with Gasteiger partial charge < -0.3 is 33.8 Å². The summed E-state index contributed by atoms with van der Waals surface area (Å²) in [6, 6.07) is 0. The maximum absolute atomic E-state index is 13.2. The number of phosphoric acid groups is 2. The molecule has 0 bridgehead atoms. The first kappa shape index (κ1) is 105. The van der Waals surface area contributed by atoms with Gasteiger partial charge in [-0.3, -0.25) is 37.3 Å². The second kappa shape index (κ2) is 79.3. The predicted octanol–water partition coefficient (Wildman–Crippen LogP) is 27.0. The normalized spacial score (nSPS) is 14.0. The molecule has 3 N–H and O–H groups in total. The predicted molar refractivity (Wildman–Crippen MR) is 442 cm³/mol. The number of rotatable bonds is 87. The van der Waals surface area contributed by atoms with Crippen molar-refractivity contribution in [2.75, 3.05) is 39.6 Å². The number of ether oxygens (including phenoxy) is 4. The molecule has 0 aromatic carbocycles. The average molecular weight is 1560 g/mol. The number of esters is 4. The lowest BCUT2D eigenvalue weighted by Crippen LogP contribution is -2.30. The number of carbonyl (C=O) groups is 4. The van der Waals surface area contributed by atoms with Crippen LogP contribution in [0.5, 0.6) is 0 Å². The Bertz CT molecular complexity index is 2050. The van der Waals surface area contributed by atoms with Crippen molar-refractivity contribution < 1.29 is 80.2 Å². The molecule has 0 radical (unpaired) electrons. The van der Waals surface area contributed by atoms with E-state index in [1.807, 2.05) is 0 Å². The van der Waals surface area contributed by atoms with Gasteiger partial charge in [-0.2, -0.15) is 0 Å². The molecule has 0 heterocycles. The standard InChI is InChI=1S/C88H172O17P2/c1-7-10-12-14-16-18-20-22-23-24-25-26-27-28-29-30-35-42-48-54-60-66-72-87(92)104-84(77-99-86(91)71-65-59-53-47-41-34-32-31-33-39-45-51-57-63-69-81(6)9-3)79-103-107(96,97)101-75-82(89)74-100-106(94,95)102-78-83(76-98-85(90)70-64-58-52-46-40-21-19-17-15-13-11-8-2)105-88(93)73-67-61-55-49-43-37-36-38-44-50-56-62-68-80(4)5/h80-84,89H,7-79H2,1-6H3,(H,94,95)(H,96,97)/t81?,82-,83+,84+/m0/s1. The van der Waals surface area contributed by atoms with Gasteiger partial charge in [-0.05, 0) is 37.5 Å². The first-order valence-corrected chi connectivity index (χ1v) is 48.5. The van der Waals surface area contributed by atoms with E-state index < -0.39 is 97.5 Å². The van der Waals surface area contributed by atoms with Crippen LogP contribution in [0.4, 0.5) is 0 Å². The van der Waals surface area contributed by atoms with Crippen LogP contribution in [-0.4, -0.2) is 96.7 Å². The summed E-state index contributed by atoms with van der Waals surface area (Å²) in [6.07, 6.45) is 72.1. The van der Waals surface area contributed by atoms with Gasteiger partial charge in [0, 0.05) is 25.7 Å². The highest BCUT2D eigenvalue weighted by atomic mass is 31.2. The molecule has 17 nitrogen and oxygen atoms in total. The Morgan fingerprint density at radius 2 is 0.477 bits per heavy atom. The summed E-state index contributed by atoms with van der Waals surface area (Å²) < 4.78 is 69.0. The van der Waals surface area contributed by atoms with Gasteiger partial charge in [0.1, 0.15) is 19.3 Å². The van der Waals surface area contributed by atoms with Crippen molar-refractivity contribution in [2.24, 2.45) is 11.8 Å². The molecule has 0 saturated heterocycles. The van der Waals surface area contributed by atoms with Crippen molar-refractivity contribution in [3.8, 4) is 0 Å². The number of hydrogen-bond acceptors (Lipinski definition) is 15. The highest BCUT2D eigenvalue weighted by Crippen LogP contribution is 2.45. The van der Waals surface area contributed by atoms with Crippen LogP contribution in [0, 0.1) is 11.8 Å². The van der Waals surface area contributed by atoms with Crippen molar-refractivity contribution in [3.05, 3.63) is 0 Å². The van der Waals surface area contributed by atoms with E-state index in [1.165, 1.54) is 289 Å². The largest absolute Gasteiger partial charge is 0.472 e. The van der Waals surface area contributed by atoms with Crippen LogP contribution in [0.2, 0.25) is 0 Å². The number of aliphatic hydroxyl groups excluding tert-OH is 1. The summed E-state index contributed by atoms with van der Waals surface area (Å²) in [5.74, 6) is -0.472. The maximum atomic E-state index is 13.2. The quantitative estimate of drug-likeness (QED) is 0.0222. The van der Waals surface area contributed by atoms with Crippen molar-refractivity contribution in [1.29, 1.82) is 0 Å². The summed E-state index contributed by atoms with van der Waals surface area (Å²) in [5.41, 5.74) is 0. The molecule has 0 spiro atoms. The average Bonchev–Trinajstić information content (AvgIpc) is 0.930. The third kappa shape index (κ3) is 80.5. The Balaban J connectivity index is 5.24. The van der Waals surface area contributed by atoms with Crippen molar-refractivity contribution in [3.63, 3.8) is 0 Å². The van der Waals surface area contributed by atoms with Gasteiger partial charge in [0.15, 0.2) is 12.2 Å². The fourth-order valence-corrected chi connectivity index (χ4v) is 15.3. The van der Waals surface area contributed by atoms with Crippen LogP contribution in [0.3, 0.4) is 0 Å². The molecular weight excluding hydrogens is 1390 g/mol. The van der Waals surface area contributed by atoms with Crippen LogP contribution in [0.1, 0.15) is 472 Å². The third-order valence-corrected chi connectivity index (χ3v) is 23.0. The van der Waals surface area contributed by atoms with Gasteiger partial charge in [0.25, 0.3) is 0 Å². The summed E-state index contributed by atoms with van der Waals surface area (Å²) >= 11 is 0. The summed E-state index contributed by atoms with van der Waals surface area (Å²) in [7, 11) is -9.93. The molecule has 3 unspecified atom stereocenters. The molecule has 0 aliphatic carbocycles. The minimum Gasteiger partial charge on any atom is -0.462 e. The van der Waals surface area contributed by atoms with E-state index >= 15 is 0 Å². The van der Waals surface area contributed by atoms with Gasteiger partial charge in [0.2, 0.25) is 0 Å². The lowest BCUT2D eigenvalue weighted by molar-refractivity contribution is -0.161. The van der Waals surface area contributed by atoms with Crippen LogP contribution >= 0.6 is 15.6 Å². The Kier molecular flexibility index (Phi) is 77.9. The first-order chi connectivity index (χ1) is 51.9. The van der Waals surface area contributed by atoms with Crippen LogP contribution < -0.4 is 0 Å². The van der Waals surface area contributed by atoms with Crippen LogP contribution in [0.15, 0.2) is 0 Å². The molecule has 0 aromatic heterocycles. The minimum atomic E-state index is -4.97. The second-order valence-electron chi connectivity index (χ2n) is 32.4. The van der Waals surface area contributed by atoms with E-state index in [2.05, 4.69) is 41.5 Å². The minimum absolute atomic E-state index is 0.108. The summed E-state index contributed by atoms with van der Waals surface area (Å²) in [5, 5.41) is 10.7. The molecular formula is C88H172O17P2. The fourth-order valence-electron chi connectivity index (χ4n) is 13.7. The summed E-state index contributed by atoms with van der Waals surface area (Å²) in [4.78, 5) is 73.3. The molecule has 19 heteroatoms. The monoisotopic (exact) mass is 1560 g/mol. The van der Waals surface area contributed by atoms with Gasteiger partial charge >= 0.3 is 39.5 Å². The highest BCUT2D eigenvalue weighted by Gasteiger charge is 2.31. The molecule has 636 valence electrons. The van der Waals surface area contributed by atoms with Gasteiger partial charge in [0.05, 0.1) is 26.4 Å². The number of phosphoric ester groups is 2. The zero-order chi connectivity index (χ0) is 78.5. The Morgan fingerprint density at radius 3 is 0.710 bits per heavy atom. The highest BCUT2D eigenvalue weighted by molar-refractivity contribution is 7.47. The zero-order valence-electron chi connectivity index (χ0n) is 70.5. The van der Waals surface area contributed by atoms with Gasteiger partial charge in [-0.15, -0.1) is 0 Å². The number of unbranched alkanes of at least 4 members (excludes halogenated alkanes) is 56. The van der Waals surface area contributed by atoms with Crippen molar-refractivity contribution in [1.82, 2.24) is 0 Å². The lowest BCUT2D eigenvalue weighted by Gasteiger charge is -2.21. The maximum Gasteiger partial charge on any atom is 0.472 e. The smallest absolute Gasteiger partial charge is 0.462 e. The number of hydrogen-bond donors (Lipinski definition) is 3. The van der Waals surface area contributed by atoms with E-state index in [9.17, 15) is 43.2 Å². The third-order valence-electron chi connectivity index (χ3n) is 21.1. The fraction of sp³-hybridized carbons (Fsp3) is 0.955. The van der Waals surface area contributed by atoms with E-state index in [1.54, 1.807) is 0 Å². The van der Waals surface area contributed by atoms with Gasteiger partial charge in [-0.25, -0.2) is 9.13 Å². The van der Waals surface area contributed by atoms with Crippen molar-refractivity contribution >= 4 is 39.5 Å². The Morgan fingerprint density at radius 1 is 0.271 bits per heavy atom. The molecule has 0 aliphatic rings. The zero-order valence-corrected chi connectivity index (χ0v) is 72.2. The van der Waals surface area contributed by atoms with Gasteiger partial charge in [-0.1, -0.05) is 420 Å². The molecule has 107 heavy (non-hydrogen) atoms. The van der Waals surface area contributed by atoms with E-state index in [-0.39, 0.29) is 25.7 Å². The molecule has 0 amide bonds. The Labute approximate surface area is 658 Å². The Hall–Kier alpha value is -1.94. The van der Waals surface area contributed by atoms with E-state index in [4.69, 9.17) is 37.0 Å².